The molecule has 1 atom stereocenters. The van der Waals surface area contributed by atoms with Crippen LogP contribution < -0.4 is 11.1 Å². The van der Waals surface area contributed by atoms with E-state index in [2.05, 4.69) is 10.3 Å². The number of rotatable bonds is 5. The molecule has 1 aromatic heterocycles. The van der Waals surface area contributed by atoms with E-state index in [1.807, 2.05) is 6.92 Å². The Hall–Kier alpha value is -2.21. The van der Waals surface area contributed by atoms with Crippen LogP contribution in [0.5, 0.6) is 0 Å². The second-order valence-electron chi connectivity index (χ2n) is 4.30. The Kier molecular flexibility index (Phi) is 3.91. The summed E-state index contributed by atoms with van der Waals surface area (Å²) in [7, 11) is 0. The third kappa shape index (κ3) is 2.63. The summed E-state index contributed by atoms with van der Waals surface area (Å²) >= 11 is 0. The summed E-state index contributed by atoms with van der Waals surface area (Å²) in [6.07, 6.45) is 4.03. The van der Waals surface area contributed by atoms with Gasteiger partial charge in [-0.05, 0) is 18.6 Å². The van der Waals surface area contributed by atoms with Crippen molar-refractivity contribution >= 4 is 22.1 Å². The lowest BCUT2D eigenvalue weighted by molar-refractivity contribution is -0.383. The summed E-state index contributed by atoms with van der Waals surface area (Å²) in [6.45, 7) is 2.56. The van der Waals surface area contributed by atoms with E-state index in [9.17, 15) is 10.1 Å². The molecule has 3 N–H and O–H groups in total. The van der Waals surface area contributed by atoms with Crippen LogP contribution in [-0.2, 0) is 0 Å². The van der Waals surface area contributed by atoms with Gasteiger partial charge in [0.05, 0.1) is 10.3 Å². The van der Waals surface area contributed by atoms with Gasteiger partial charge in [-0.25, -0.2) is 0 Å². The normalized spacial score (nSPS) is 12.3. The lowest BCUT2D eigenvalue weighted by Gasteiger charge is -2.17. The Morgan fingerprint density at radius 1 is 1.42 bits per heavy atom. The molecule has 2 rings (SSSR count). The number of nitro groups is 1. The number of fused-ring (bicyclic) bond motifs is 1. The van der Waals surface area contributed by atoms with Gasteiger partial charge in [-0.3, -0.25) is 15.1 Å². The third-order valence-electron chi connectivity index (χ3n) is 3.13. The minimum Gasteiger partial charge on any atom is -0.381 e. The fourth-order valence-corrected chi connectivity index (χ4v) is 2.01. The van der Waals surface area contributed by atoms with E-state index >= 15 is 0 Å². The Balaban J connectivity index is 2.52. The highest BCUT2D eigenvalue weighted by molar-refractivity contribution is 5.99. The molecule has 1 heterocycles. The number of nitro benzene ring substituents is 1. The summed E-state index contributed by atoms with van der Waals surface area (Å²) < 4.78 is 0. The van der Waals surface area contributed by atoms with Gasteiger partial charge in [0.2, 0.25) is 0 Å². The maximum absolute atomic E-state index is 11.0. The van der Waals surface area contributed by atoms with Gasteiger partial charge in [0, 0.05) is 42.1 Å². The Labute approximate surface area is 110 Å². The van der Waals surface area contributed by atoms with Gasteiger partial charge in [-0.15, -0.1) is 0 Å². The number of nitrogens with one attached hydrogen (secondary N) is 1. The van der Waals surface area contributed by atoms with Crippen molar-refractivity contribution in [3.63, 3.8) is 0 Å². The molecule has 100 valence electrons. The minimum absolute atomic E-state index is 0.0643. The van der Waals surface area contributed by atoms with E-state index in [1.165, 1.54) is 12.3 Å². The molecule has 19 heavy (non-hydrogen) atoms. The molecule has 0 amide bonds. The highest BCUT2D eigenvalue weighted by Crippen LogP contribution is 2.31. The monoisotopic (exact) mass is 260 g/mol. The van der Waals surface area contributed by atoms with Gasteiger partial charge in [0.15, 0.2) is 0 Å². The van der Waals surface area contributed by atoms with E-state index in [-0.39, 0.29) is 11.7 Å². The molecule has 0 saturated heterocycles. The third-order valence-corrected chi connectivity index (χ3v) is 3.13. The first kappa shape index (κ1) is 13.2. The van der Waals surface area contributed by atoms with Crippen molar-refractivity contribution in [1.82, 2.24) is 4.98 Å². The molecule has 0 aliphatic carbocycles. The van der Waals surface area contributed by atoms with Gasteiger partial charge in [0.1, 0.15) is 0 Å². The molecule has 0 aliphatic rings. The summed E-state index contributed by atoms with van der Waals surface area (Å²) in [4.78, 5) is 14.6. The molecule has 1 unspecified atom stereocenters. The van der Waals surface area contributed by atoms with Gasteiger partial charge in [-0.2, -0.15) is 0 Å². The van der Waals surface area contributed by atoms with E-state index in [4.69, 9.17) is 5.73 Å². The number of hydrogen-bond acceptors (Lipinski definition) is 5. The Morgan fingerprint density at radius 3 is 2.84 bits per heavy atom. The molecule has 6 heteroatoms. The van der Waals surface area contributed by atoms with Crippen LogP contribution >= 0.6 is 0 Å². The van der Waals surface area contributed by atoms with Crippen molar-refractivity contribution in [1.29, 1.82) is 0 Å². The van der Waals surface area contributed by atoms with Crippen molar-refractivity contribution < 1.29 is 4.92 Å². The van der Waals surface area contributed by atoms with Crippen LogP contribution in [0.25, 0.3) is 10.8 Å². The number of nitrogens with two attached hydrogens (primary N) is 1. The smallest absolute Gasteiger partial charge is 0.278 e. The van der Waals surface area contributed by atoms with E-state index in [0.29, 0.717) is 11.9 Å². The fraction of sp³-hybridized carbons (Fsp3) is 0.308. The first-order valence-corrected chi connectivity index (χ1v) is 6.15. The number of pyridine rings is 1. The average Bonchev–Trinajstić information content (AvgIpc) is 2.44. The van der Waals surface area contributed by atoms with Crippen molar-refractivity contribution in [2.75, 3.05) is 11.9 Å². The zero-order valence-electron chi connectivity index (χ0n) is 10.7. The second kappa shape index (κ2) is 5.62. The predicted molar refractivity (Wildman–Crippen MR) is 75.2 cm³/mol. The summed E-state index contributed by atoms with van der Waals surface area (Å²) in [5.74, 6) is 0. The van der Waals surface area contributed by atoms with Gasteiger partial charge < -0.3 is 11.1 Å². The highest BCUT2D eigenvalue weighted by Gasteiger charge is 2.15. The van der Waals surface area contributed by atoms with Crippen LogP contribution in [-0.4, -0.2) is 22.5 Å². The molecule has 0 fully saturated rings. The summed E-state index contributed by atoms with van der Waals surface area (Å²) in [5.41, 5.74) is 6.58. The molecule has 0 spiro atoms. The van der Waals surface area contributed by atoms with Crippen LogP contribution in [0.15, 0.2) is 30.6 Å². The molecular weight excluding hydrogens is 244 g/mol. The zero-order chi connectivity index (χ0) is 13.8. The average molecular weight is 260 g/mol. The van der Waals surface area contributed by atoms with E-state index < -0.39 is 4.92 Å². The number of benzene rings is 1. The first-order chi connectivity index (χ1) is 9.17. The van der Waals surface area contributed by atoms with Gasteiger partial charge >= 0.3 is 0 Å². The maximum Gasteiger partial charge on any atom is 0.278 e. The lowest BCUT2D eigenvalue weighted by atomic mass is 10.1. The molecule has 0 radical (unpaired) electrons. The fourth-order valence-electron chi connectivity index (χ4n) is 2.01. The zero-order valence-corrected chi connectivity index (χ0v) is 10.7. The molecule has 0 bridgehead atoms. The van der Waals surface area contributed by atoms with Gasteiger partial charge in [-0.1, -0.05) is 6.92 Å². The highest BCUT2D eigenvalue weighted by atomic mass is 16.6. The number of aromatic nitrogens is 1. The number of nitrogens with zero attached hydrogens (tertiary/aromatic N) is 2. The van der Waals surface area contributed by atoms with E-state index in [0.717, 1.165) is 17.5 Å². The molecular formula is C13H16N4O2. The Bertz CT molecular complexity index is 596. The number of non-ortho nitro benzene ring substituents is 1. The SMILES string of the molecule is CCC(CN)Nc1ccc([N+](=O)[O-])c2cnccc12. The predicted octanol–water partition coefficient (Wildman–Crippen LogP) is 2.29. The van der Waals surface area contributed by atoms with Crippen molar-refractivity contribution in [2.45, 2.75) is 19.4 Å². The standard InChI is InChI=1S/C13H16N4O2/c1-2-9(7-14)16-12-3-4-13(17(18)19)11-8-15-6-5-10(11)12/h3-6,8-9,16H,2,7,14H2,1H3. The van der Waals surface area contributed by atoms with Crippen LogP contribution in [0, 0.1) is 10.1 Å². The summed E-state index contributed by atoms with van der Waals surface area (Å²) in [5, 5.41) is 15.6. The molecule has 0 aliphatic heterocycles. The van der Waals surface area contributed by atoms with Crippen molar-refractivity contribution in [2.24, 2.45) is 5.73 Å². The lowest BCUT2D eigenvalue weighted by Crippen LogP contribution is -2.27. The molecule has 1 aromatic carbocycles. The number of hydrogen-bond donors (Lipinski definition) is 2. The largest absolute Gasteiger partial charge is 0.381 e. The quantitative estimate of drug-likeness (QED) is 0.635. The molecule has 2 aromatic rings. The maximum atomic E-state index is 11.0. The number of anilines is 1. The Morgan fingerprint density at radius 2 is 2.21 bits per heavy atom. The first-order valence-electron chi connectivity index (χ1n) is 6.15. The van der Waals surface area contributed by atoms with Crippen LogP contribution in [0.2, 0.25) is 0 Å². The topological polar surface area (TPSA) is 94.1 Å². The molecule has 0 saturated carbocycles. The van der Waals surface area contributed by atoms with Crippen LogP contribution in [0.3, 0.4) is 0 Å². The molecule has 6 nitrogen and oxygen atoms in total. The minimum atomic E-state index is -0.395. The van der Waals surface area contributed by atoms with Crippen LogP contribution in [0.1, 0.15) is 13.3 Å². The van der Waals surface area contributed by atoms with Gasteiger partial charge in [0.25, 0.3) is 5.69 Å². The van der Waals surface area contributed by atoms with Crippen molar-refractivity contribution in [3.05, 3.63) is 40.7 Å². The summed E-state index contributed by atoms with van der Waals surface area (Å²) in [6, 6.07) is 5.14. The second-order valence-corrected chi connectivity index (χ2v) is 4.30. The van der Waals surface area contributed by atoms with Crippen molar-refractivity contribution in [3.8, 4) is 0 Å². The van der Waals surface area contributed by atoms with Crippen LogP contribution in [0.4, 0.5) is 11.4 Å². The van der Waals surface area contributed by atoms with E-state index in [1.54, 1.807) is 18.3 Å².